The average Bonchev–Trinajstić information content (AvgIpc) is 3.00. The molecule has 1 unspecified atom stereocenters. The van der Waals surface area contributed by atoms with Crippen LogP contribution >= 0.6 is 0 Å². The van der Waals surface area contributed by atoms with Gasteiger partial charge in [0.2, 0.25) is 0 Å². The Hall–Kier alpha value is -0.550. The Labute approximate surface area is 252 Å². The Bertz CT molecular complexity index is 482. The van der Waals surface area contributed by atoms with Crippen LogP contribution in [-0.2, 0) is 56.8 Å². The molecule has 42 heavy (non-hydrogen) atoms. The second-order valence-corrected chi connectivity index (χ2v) is 9.01. The van der Waals surface area contributed by atoms with E-state index in [2.05, 4.69) is 13.8 Å². The molecule has 0 aliphatic carbocycles. The van der Waals surface area contributed by atoms with Gasteiger partial charge < -0.3 is 56.8 Å². The van der Waals surface area contributed by atoms with E-state index in [0.717, 1.165) is 13.0 Å². The standard InChI is InChI=1S/C29H59FO12/c1-3-29(2)28-42-27-26-41-25-24-40-23-22-39-21-20-38-19-18-37-17-16-36-15-14-35-13-12-34-11-10-33-9-8-32-7-6-31-5-4-30/h29H,3-28H2,1-2H3. The first-order valence-corrected chi connectivity index (χ1v) is 15.3. The van der Waals surface area contributed by atoms with Gasteiger partial charge in [0.25, 0.3) is 0 Å². The fraction of sp³-hybridized carbons (Fsp3) is 1.00. The second-order valence-electron chi connectivity index (χ2n) is 9.01. The summed E-state index contributed by atoms with van der Waals surface area (Å²) in [6.07, 6.45) is 1.13. The van der Waals surface area contributed by atoms with Gasteiger partial charge in [-0.2, -0.15) is 0 Å². The summed E-state index contributed by atoms with van der Waals surface area (Å²) >= 11 is 0. The Balaban J connectivity index is 3.04. The summed E-state index contributed by atoms with van der Waals surface area (Å²) in [5.74, 6) is 0.596. The van der Waals surface area contributed by atoms with Crippen molar-refractivity contribution in [2.45, 2.75) is 20.3 Å². The number of halogens is 1. The largest absolute Gasteiger partial charge is 0.379 e. The van der Waals surface area contributed by atoms with E-state index in [0.29, 0.717) is 151 Å². The molecule has 0 bridgehead atoms. The zero-order valence-electron chi connectivity index (χ0n) is 26.2. The van der Waals surface area contributed by atoms with E-state index in [-0.39, 0.29) is 6.61 Å². The van der Waals surface area contributed by atoms with E-state index in [4.69, 9.17) is 56.8 Å². The number of rotatable bonds is 38. The van der Waals surface area contributed by atoms with Crippen LogP contribution in [0.1, 0.15) is 20.3 Å². The lowest BCUT2D eigenvalue weighted by molar-refractivity contribution is -0.0286. The summed E-state index contributed by atoms with van der Waals surface area (Å²) in [4.78, 5) is 0. The smallest absolute Gasteiger partial charge is 0.113 e. The number of alkyl halides is 1. The minimum Gasteiger partial charge on any atom is -0.379 e. The van der Waals surface area contributed by atoms with Crippen LogP contribution < -0.4 is 0 Å². The fourth-order valence-electron chi connectivity index (χ4n) is 2.88. The molecule has 0 saturated heterocycles. The van der Waals surface area contributed by atoms with E-state index < -0.39 is 6.67 Å². The highest BCUT2D eigenvalue weighted by Gasteiger charge is 1.99. The van der Waals surface area contributed by atoms with Crippen LogP contribution in [0.5, 0.6) is 0 Å². The molecule has 0 fully saturated rings. The van der Waals surface area contributed by atoms with Gasteiger partial charge in [-0.1, -0.05) is 20.3 Å². The van der Waals surface area contributed by atoms with Crippen molar-refractivity contribution >= 4 is 0 Å². The molecule has 1 atom stereocenters. The zero-order chi connectivity index (χ0) is 30.4. The predicted octanol–water partition coefficient (Wildman–Crippen LogP) is 2.20. The molecule has 0 aromatic carbocycles. The molecule has 13 heteroatoms. The van der Waals surface area contributed by atoms with Gasteiger partial charge in [0.15, 0.2) is 0 Å². The molecule has 12 nitrogen and oxygen atoms in total. The lowest BCUT2D eigenvalue weighted by Crippen LogP contribution is -2.15. The molecule has 0 radical (unpaired) electrons. The van der Waals surface area contributed by atoms with E-state index in [1.54, 1.807) is 0 Å². The van der Waals surface area contributed by atoms with Crippen LogP contribution in [-0.4, -0.2) is 165 Å². The van der Waals surface area contributed by atoms with E-state index in [1.807, 2.05) is 0 Å². The summed E-state index contributed by atoms with van der Waals surface area (Å²) in [7, 11) is 0. The van der Waals surface area contributed by atoms with E-state index in [9.17, 15) is 4.39 Å². The molecular weight excluding hydrogens is 559 g/mol. The van der Waals surface area contributed by atoms with Crippen molar-refractivity contribution in [3.63, 3.8) is 0 Å². The highest BCUT2D eigenvalue weighted by atomic mass is 19.1. The van der Waals surface area contributed by atoms with Crippen molar-refractivity contribution < 1.29 is 61.2 Å². The predicted molar refractivity (Wildman–Crippen MR) is 155 cm³/mol. The molecule has 0 aliphatic rings. The molecule has 0 aromatic heterocycles. The molecule has 0 heterocycles. The Morgan fingerprint density at radius 1 is 0.333 bits per heavy atom. The third-order valence-electron chi connectivity index (χ3n) is 5.41. The monoisotopic (exact) mass is 618 g/mol. The van der Waals surface area contributed by atoms with Gasteiger partial charge >= 0.3 is 0 Å². The molecule has 0 rings (SSSR count). The van der Waals surface area contributed by atoms with Crippen LogP contribution in [0.4, 0.5) is 4.39 Å². The van der Waals surface area contributed by atoms with E-state index >= 15 is 0 Å². The van der Waals surface area contributed by atoms with Crippen LogP contribution in [0.25, 0.3) is 0 Å². The molecule has 0 amide bonds. The molecule has 0 spiro atoms. The van der Waals surface area contributed by atoms with Gasteiger partial charge in [-0.3, -0.25) is 0 Å². The van der Waals surface area contributed by atoms with Gasteiger partial charge in [0, 0.05) is 6.61 Å². The molecule has 0 aliphatic heterocycles. The van der Waals surface area contributed by atoms with Crippen LogP contribution in [0.3, 0.4) is 0 Å². The molecule has 0 saturated carbocycles. The third kappa shape index (κ3) is 37.5. The minimum atomic E-state index is -0.473. The summed E-state index contributed by atoms with van der Waals surface area (Å²) in [5, 5.41) is 0. The van der Waals surface area contributed by atoms with Gasteiger partial charge in [-0.25, -0.2) is 4.39 Å². The third-order valence-corrected chi connectivity index (χ3v) is 5.41. The Morgan fingerprint density at radius 3 is 0.714 bits per heavy atom. The van der Waals surface area contributed by atoms with Gasteiger partial charge in [0.05, 0.1) is 152 Å². The zero-order valence-corrected chi connectivity index (χ0v) is 26.2. The quantitative estimate of drug-likeness (QED) is 0.0947. The molecule has 254 valence electrons. The van der Waals surface area contributed by atoms with Crippen LogP contribution in [0.15, 0.2) is 0 Å². The summed E-state index contributed by atoms with van der Waals surface area (Å²) in [6, 6.07) is 0. The molecule has 0 aromatic rings. The van der Waals surface area contributed by atoms with Crippen molar-refractivity contribution in [1.82, 2.24) is 0 Å². The lowest BCUT2D eigenvalue weighted by Gasteiger charge is -2.10. The second kappa shape index (κ2) is 38.5. The number of hydrogen-bond donors (Lipinski definition) is 0. The average molecular weight is 619 g/mol. The van der Waals surface area contributed by atoms with E-state index in [1.165, 1.54) is 0 Å². The van der Waals surface area contributed by atoms with Gasteiger partial charge in [0.1, 0.15) is 6.67 Å². The van der Waals surface area contributed by atoms with Gasteiger partial charge in [-0.15, -0.1) is 0 Å². The van der Waals surface area contributed by atoms with Crippen molar-refractivity contribution in [3.8, 4) is 0 Å². The van der Waals surface area contributed by atoms with Crippen LogP contribution in [0.2, 0.25) is 0 Å². The maximum atomic E-state index is 11.8. The van der Waals surface area contributed by atoms with Crippen molar-refractivity contribution in [3.05, 3.63) is 0 Å². The summed E-state index contributed by atoms with van der Waals surface area (Å²) in [5.41, 5.74) is 0. The minimum absolute atomic E-state index is 0.115. The lowest BCUT2D eigenvalue weighted by atomic mass is 10.1. The van der Waals surface area contributed by atoms with Crippen molar-refractivity contribution in [2.24, 2.45) is 5.92 Å². The van der Waals surface area contributed by atoms with Crippen molar-refractivity contribution in [1.29, 1.82) is 0 Å². The first-order valence-electron chi connectivity index (χ1n) is 15.3. The molecular formula is C29H59FO12. The molecule has 0 N–H and O–H groups in total. The highest BCUT2D eigenvalue weighted by molar-refractivity contribution is 4.46. The highest BCUT2D eigenvalue weighted by Crippen LogP contribution is 2.00. The normalized spacial score (nSPS) is 12.4. The maximum Gasteiger partial charge on any atom is 0.113 e. The number of hydrogen-bond acceptors (Lipinski definition) is 12. The fourth-order valence-corrected chi connectivity index (χ4v) is 2.88. The SMILES string of the molecule is CCC(C)COCCOCCOCCOCCOCCOCCOCCOCCOCCOCCOCCOCCF. The summed E-state index contributed by atoms with van der Waals surface area (Å²) < 4.78 is 76.6. The Kier molecular flexibility index (Phi) is 38.0. The summed E-state index contributed by atoms with van der Waals surface area (Å²) in [6.45, 7) is 16.0. The Morgan fingerprint density at radius 2 is 0.524 bits per heavy atom. The van der Waals surface area contributed by atoms with Crippen LogP contribution in [0, 0.1) is 5.92 Å². The topological polar surface area (TPSA) is 111 Å². The number of ether oxygens (including phenoxy) is 12. The maximum absolute atomic E-state index is 11.8. The first kappa shape index (κ1) is 41.4. The van der Waals surface area contributed by atoms with Crippen molar-refractivity contribution in [2.75, 3.05) is 165 Å². The first-order chi connectivity index (χ1) is 20.8. The van der Waals surface area contributed by atoms with Gasteiger partial charge in [-0.05, 0) is 5.92 Å².